The van der Waals surface area contributed by atoms with Crippen molar-refractivity contribution in [1.29, 1.82) is 0 Å². The van der Waals surface area contributed by atoms with Gasteiger partial charge in [0.1, 0.15) is 0 Å². The number of nitrogens with one attached hydrogen (secondary N) is 2. The molecule has 20 heavy (non-hydrogen) atoms. The lowest BCUT2D eigenvalue weighted by atomic mass is 10.2. The first kappa shape index (κ1) is 16.3. The van der Waals surface area contributed by atoms with Gasteiger partial charge in [-0.1, -0.05) is 0 Å². The van der Waals surface area contributed by atoms with E-state index in [9.17, 15) is 9.18 Å². The van der Waals surface area contributed by atoms with Gasteiger partial charge in [-0.15, -0.1) is 0 Å². The molecule has 1 aromatic rings. The highest BCUT2D eigenvalue weighted by Crippen LogP contribution is 2.13. The number of carbonyl (C=O) groups excluding carboxylic acids is 1. The Bertz CT molecular complexity index is 440. The van der Waals surface area contributed by atoms with Crippen LogP contribution in [0.1, 0.15) is 10.4 Å². The zero-order valence-corrected chi connectivity index (χ0v) is 12.1. The van der Waals surface area contributed by atoms with Crippen LogP contribution in [-0.4, -0.2) is 63.2 Å². The van der Waals surface area contributed by atoms with E-state index < -0.39 is 11.7 Å². The molecule has 2 N–H and O–H groups in total. The fourth-order valence-corrected chi connectivity index (χ4v) is 1.47. The Hall–Kier alpha value is -1.73. The number of amides is 1. The monoisotopic (exact) mass is 284 g/mol. The van der Waals surface area contributed by atoms with Gasteiger partial charge in [-0.2, -0.15) is 0 Å². The third-order valence-corrected chi connectivity index (χ3v) is 2.59. The zero-order valence-electron chi connectivity index (χ0n) is 12.1. The van der Waals surface area contributed by atoms with Gasteiger partial charge in [0, 0.05) is 26.3 Å². The number of likely N-dealkylation sites (N-methyl/N-ethyl adjacent to an activating group) is 1. The standard InChI is InChI=1S/C13H21FN4O2/c1-15-12-11(14)10(4-5-16-12)13(19)17-6-8-20-9-7-18(2)3/h4-5H,6-9H2,1-3H3,(H,15,16)(H,17,19). The molecule has 0 saturated carbocycles. The summed E-state index contributed by atoms with van der Waals surface area (Å²) in [5.41, 5.74) is -0.0300. The minimum Gasteiger partial charge on any atom is -0.378 e. The first-order chi connectivity index (χ1) is 9.56. The lowest BCUT2D eigenvalue weighted by Gasteiger charge is -2.11. The Balaban J connectivity index is 2.36. The molecule has 1 amide bonds. The summed E-state index contributed by atoms with van der Waals surface area (Å²) in [5, 5.41) is 5.20. The second-order valence-corrected chi connectivity index (χ2v) is 4.44. The maximum Gasteiger partial charge on any atom is 0.254 e. The van der Waals surface area contributed by atoms with Gasteiger partial charge >= 0.3 is 0 Å². The van der Waals surface area contributed by atoms with E-state index in [2.05, 4.69) is 15.6 Å². The molecule has 7 heteroatoms. The van der Waals surface area contributed by atoms with E-state index in [4.69, 9.17) is 4.74 Å². The van der Waals surface area contributed by atoms with Crippen molar-refractivity contribution in [2.75, 3.05) is 52.8 Å². The molecule has 1 rings (SSSR count). The van der Waals surface area contributed by atoms with Crippen molar-refractivity contribution in [3.05, 3.63) is 23.6 Å². The summed E-state index contributed by atoms with van der Waals surface area (Å²) in [4.78, 5) is 17.6. The van der Waals surface area contributed by atoms with Crippen LogP contribution in [0.4, 0.5) is 10.2 Å². The van der Waals surface area contributed by atoms with E-state index in [1.807, 2.05) is 19.0 Å². The van der Waals surface area contributed by atoms with Crippen LogP contribution in [0, 0.1) is 5.82 Å². The predicted molar refractivity (Wildman–Crippen MR) is 75.4 cm³/mol. The summed E-state index contributed by atoms with van der Waals surface area (Å²) in [5.74, 6) is -1.07. The molecular weight excluding hydrogens is 263 g/mol. The van der Waals surface area contributed by atoms with E-state index in [0.29, 0.717) is 19.8 Å². The fraction of sp³-hybridized carbons (Fsp3) is 0.538. The number of pyridine rings is 1. The van der Waals surface area contributed by atoms with Gasteiger partial charge in [0.15, 0.2) is 11.6 Å². The maximum atomic E-state index is 13.8. The van der Waals surface area contributed by atoms with E-state index in [1.54, 1.807) is 7.05 Å². The molecule has 0 aliphatic rings. The topological polar surface area (TPSA) is 66.5 Å². The van der Waals surface area contributed by atoms with Crippen molar-refractivity contribution >= 4 is 11.7 Å². The molecule has 0 radical (unpaired) electrons. The first-order valence-electron chi connectivity index (χ1n) is 6.39. The van der Waals surface area contributed by atoms with Gasteiger partial charge in [-0.3, -0.25) is 4.79 Å². The predicted octanol–water partition coefficient (Wildman–Crippen LogP) is 0.570. The molecule has 1 aromatic heterocycles. The average molecular weight is 284 g/mol. The molecule has 0 spiro atoms. The second-order valence-electron chi connectivity index (χ2n) is 4.44. The Labute approximate surface area is 118 Å². The second kappa shape index (κ2) is 8.44. The normalized spacial score (nSPS) is 10.7. The molecule has 1 heterocycles. The molecule has 0 atom stereocenters. The minimum absolute atomic E-state index is 0.0300. The largest absolute Gasteiger partial charge is 0.378 e. The van der Waals surface area contributed by atoms with Crippen LogP contribution in [-0.2, 0) is 4.74 Å². The van der Waals surface area contributed by atoms with E-state index in [1.165, 1.54) is 12.3 Å². The molecule has 0 bridgehead atoms. The smallest absolute Gasteiger partial charge is 0.254 e. The van der Waals surface area contributed by atoms with Crippen LogP contribution < -0.4 is 10.6 Å². The van der Waals surface area contributed by atoms with Crippen LogP contribution in [0.25, 0.3) is 0 Å². The van der Waals surface area contributed by atoms with Crippen LogP contribution in [0.15, 0.2) is 12.3 Å². The summed E-state index contributed by atoms with van der Waals surface area (Å²) in [6.45, 7) is 2.14. The van der Waals surface area contributed by atoms with Crippen molar-refractivity contribution in [1.82, 2.24) is 15.2 Å². The number of halogens is 1. The Kier molecular flexibility index (Phi) is 6.89. The SMILES string of the molecule is CNc1nccc(C(=O)NCCOCCN(C)C)c1F. The van der Waals surface area contributed by atoms with Gasteiger partial charge < -0.3 is 20.3 Å². The molecule has 0 unspecified atom stereocenters. The number of aromatic nitrogens is 1. The quantitative estimate of drug-likeness (QED) is 0.683. The Morgan fingerprint density at radius 3 is 2.85 bits per heavy atom. The first-order valence-corrected chi connectivity index (χ1v) is 6.39. The Morgan fingerprint density at radius 2 is 2.20 bits per heavy atom. The molecule has 6 nitrogen and oxygen atoms in total. The number of carbonyl (C=O) groups is 1. The summed E-state index contributed by atoms with van der Waals surface area (Å²) in [7, 11) is 5.46. The zero-order chi connectivity index (χ0) is 15.0. The fourth-order valence-electron chi connectivity index (χ4n) is 1.47. The summed E-state index contributed by atoms with van der Waals surface area (Å²) in [6, 6.07) is 1.35. The highest BCUT2D eigenvalue weighted by atomic mass is 19.1. The van der Waals surface area contributed by atoms with Crippen LogP contribution >= 0.6 is 0 Å². The van der Waals surface area contributed by atoms with Gasteiger partial charge in [-0.25, -0.2) is 9.37 Å². The van der Waals surface area contributed by atoms with Crippen LogP contribution in [0.2, 0.25) is 0 Å². The van der Waals surface area contributed by atoms with Crippen LogP contribution in [0.3, 0.4) is 0 Å². The molecular formula is C13H21FN4O2. The maximum absolute atomic E-state index is 13.8. The van der Waals surface area contributed by atoms with Crippen molar-refractivity contribution in [2.45, 2.75) is 0 Å². The third-order valence-electron chi connectivity index (χ3n) is 2.59. The van der Waals surface area contributed by atoms with E-state index in [0.717, 1.165) is 6.54 Å². The number of rotatable bonds is 8. The average Bonchev–Trinajstić information content (AvgIpc) is 2.42. The van der Waals surface area contributed by atoms with Crippen molar-refractivity contribution < 1.29 is 13.9 Å². The minimum atomic E-state index is -0.652. The highest BCUT2D eigenvalue weighted by Gasteiger charge is 2.14. The highest BCUT2D eigenvalue weighted by molar-refractivity contribution is 5.95. The van der Waals surface area contributed by atoms with Crippen molar-refractivity contribution in [3.8, 4) is 0 Å². The number of anilines is 1. The molecule has 0 aliphatic heterocycles. The number of hydrogen-bond donors (Lipinski definition) is 2. The van der Waals surface area contributed by atoms with Gasteiger partial charge in [0.2, 0.25) is 0 Å². The van der Waals surface area contributed by atoms with Crippen molar-refractivity contribution in [3.63, 3.8) is 0 Å². The molecule has 112 valence electrons. The lowest BCUT2D eigenvalue weighted by Crippen LogP contribution is -2.29. The third kappa shape index (κ3) is 5.10. The Morgan fingerprint density at radius 1 is 1.45 bits per heavy atom. The van der Waals surface area contributed by atoms with E-state index in [-0.39, 0.29) is 11.4 Å². The molecule has 0 aliphatic carbocycles. The number of hydrogen-bond acceptors (Lipinski definition) is 5. The van der Waals surface area contributed by atoms with E-state index >= 15 is 0 Å². The molecule has 0 saturated heterocycles. The number of nitrogens with zero attached hydrogens (tertiary/aromatic N) is 2. The van der Waals surface area contributed by atoms with Crippen molar-refractivity contribution in [2.24, 2.45) is 0 Å². The van der Waals surface area contributed by atoms with Gasteiger partial charge in [0.25, 0.3) is 5.91 Å². The summed E-state index contributed by atoms with van der Waals surface area (Å²) >= 11 is 0. The molecule has 0 aromatic carbocycles. The summed E-state index contributed by atoms with van der Waals surface area (Å²) < 4.78 is 19.2. The molecule has 0 fully saturated rings. The van der Waals surface area contributed by atoms with Crippen LogP contribution in [0.5, 0.6) is 0 Å². The van der Waals surface area contributed by atoms with Gasteiger partial charge in [0.05, 0.1) is 18.8 Å². The van der Waals surface area contributed by atoms with Gasteiger partial charge in [-0.05, 0) is 20.2 Å². The lowest BCUT2D eigenvalue weighted by molar-refractivity contribution is 0.0896. The number of ether oxygens (including phenoxy) is 1. The summed E-state index contributed by atoms with van der Waals surface area (Å²) in [6.07, 6.45) is 1.39.